The van der Waals surface area contributed by atoms with Crippen LogP contribution in [0.25, 0.3) is 11.0 Å². The third-order valence-electron chi connectivity index (χ3n) is 4.37. The molecule has 4 aromatic rings. The fraction of sp³-hybridized carbons (Fsp3) is 0.0500. The molecule has 31 heavy (non-hydrogen) atoms. The number of pyridine rings is 1. The second-order valence-electron chi connectivity index (χ2n) is 6.49. The van der Waals surface area contributed by atoms with Gasteiger partial charge in [0.25, 0.3) is 5.69 Å². The molecule has 0 spiro atoms. The fourth-order valence-corrected chi connectivity index (χ4v) is 4.38. The molecule has 0 fully saturated rings. The molecule has 0 aliphatic heterocycles. The minimum atomic E-state index is -3.96. The van der Waals surface area contributed by atoms with Crippen molar-refractivity contribution in [2.75, 3.05) is 5.32 Å². The highest BCUT2D eigenvalue weighted by Gasteiger charge is 2.22. The van der Waals surface area contributed by atoms with Crippen molar-refractivity contribution in [2.24, 2.45) is 0 Å². The lowest BCUT2D eigenvalue weighted by Gasteiger charge is -2.13. The largest absolute Gasteiger partial charge is 0.336 e. The summed E-state index contributed by atoms with van der Waals surface area (Å²) in [6, 6.07) is 15.2. The van der Waals surface area contributed by atoms with Gasteiger partial charge >= 0.3 is 0 Å². The molecule has 0 radical (unpaired) electrons. The first-order valence-corrected chi connectivity index (χ1v) is 11.0. The zero-order valence-corrected chi connectivity index (χ0v) is 17.3. The number of nitrogens with zero attached hydrogens (tertiary/aromatic N) is 4. The van der Waals surface area contributed by atoms with Crippen LogP contribution >= 0.6 is 11.6 Å². The Morgan fingerprint density at radius 2 is 1.74 bits per heavy atom. The highest BCUT2D eigenvalue weighted by Crippen LogP contribution is 2.28. The van der Waals surface area contributed by atoms with E-state index in [2.05, 4.69) is 20.3 Å². The second-order valence-corrected chi connectivity index (χ2v) is 8.84. The molecule has 156 valence electrons. The number of nitrogens with one attached hydrogen (secondary N) is 1. The van der Waals surface area contributed by atoms with Crippen LogP contribution < -0.4 is 5.32 Å². The average molecular weight is 456 g/mol. The minimum Gasteiger partial charge on any atom is -0.336 e. The fourth-order valence-electron chi connectivity index (χ4n) is 2.90. The normalized spacial score (nSPS) is 11.4. The van der Waals surface area contributed by atoms with E-state index in [1.807, 2.05) is 0 Å². The van der Waals surface area contributed by atoms with Gasteiger partial charge in [0.15, 0.2) is 20.8 Å². The smallest absolute Gasteiger partial charge is 0.270 e. The molecule has 4 rings (SSSR count). The van der Waals surface area contributed by atoms with Crippen LogP contribution in [-0.2, 0) is 15.6 Å². The molecule has 0 amide bonds. The molecule has 9 nitrogen and oxygen atoms in total. The number of fused-ring (bicyclic) bond motifs is 1. The Kier molecular flexibility index (Phi) is 5.49. The number of sulfone groups is 1. The molecular weight excluding hydrogens is 442 g/mol. The van der Waals surface area contributed by atoms with Crippen molar-refractivity contribution in [3.8, 4) is 0 Å². The van der Waals surface area contributed by atoms with E-state index >= 15 is 0 Å². The van der Waals surface area contributed by atoms with Gasteiger partial charge in [-0.1, -0.05) is 29.8 Å². The quantitative estimate of drug-likeness (QED) is 0.259. The lowest BCUT2D eigenvalue weighted by Crippen LogP contribution is -2.11. The van der Waals surface area contributed by atoms with Crippen LogP contribution in [0.3, 0.4) is 0 Å². The Bertz CT molecular complexity index is 1410. The maximum absolute atomic E-state index is 13.0. The highest BCUT2D eigenvalue weighted by molar-refractivity contribution is 7.90. The lowest BCUT2D eigenvalue weighted by atomic mass is 10.3. The summed E-state index contributed by atoms with van der Waals surface area (Å²) in [6.07, 6.45) is 1.52. The van der Waals surface area contributed by atoms with Crippen molar-refractivity contribution >= 4 is 49.7 Å². The number of para-hydroxylation sites is 2. The summed E-state index contributed by atoms with van der Waals surface area (Å²) in [6.45, 7) is 0. The van der Waals surface area contributed by atoms with Crippen molar-refractivity contribution in [2.45, 2.75) is 10.6 Å². The van der Waals surface area contributed by atoms with E-state index in [4.69, 9.17) is 11.6 Å². The summed E-state index contributed by atoms with van der Waals surface area (Å²) in [5, 5.41) is 14.2. The molecule has 11 heteroatoms. The average Bonchev–Trinajstić information content (AvgIpc) is 2.75. The number of nitro benzene ring substituents is 1. The van der Waals surface area contributed by atoms with E-state index in [9.17, 15) is 18.5 Å². The Hall–Kier alpha value is -3.63. The number of non-ortho nitro benzene ring substituents is 1. The Morgan fingerprint density at radius 1 is 1.00 bits per heavy atom. The summed E-state index contributed by atoms with van der Waals surface area (Å²) < 4.78 is 26.1. The van der Waals surface area contributed by atoms with Crippen LogP contribution in [0.5, 0.6) is 0 Å². The van der Waals surface area contributed by atoms with Crippen molar-refractivity contribution in [1.82, 2.24) is 15.0 Å². The molecule has 2 heterocycles. The Morgan fingerprint density at radius 3 is 2.45 bits per heavy atom. The van der Waals surface area contributed by atoms with Crippen LogP contribution in [0.1, 0.15) is 5.69 Å². The van der Waals surface area contributed by atoms with E-state index in [0.717, 1.165) is 6.07 Å². The number of rotatable bonds is 6. The molecule has 2 aromatic heterocycles. The van der Waals surface area contributed by atoms with Gasteiger partial charge in [0.1, 0.15) is 5.75 Å². The SMILES string of the molecule is O=[N+]([O-])c1cccc(S(=O)(=O)Cc2nc3ccccc3nc2Nc2cccnc2Cl)c1. The monoisotopic (exact) mass is 455 g/mol. The lowest BCUT2D eigenvalue weighted by molar-refractivity contribution is -0.385. The second kappa shape index (κ2) is 8.25. The van der Waals surface area contributed by atoms with Crippen molar-refractivity contribution in [3.63, 3.8) is 0 Å². The maximum atomic E-state index is 13.0. The number of halogens is 1. The molecule has 2 aromatic carbocycles. The van der Waals surface area contributed by atoms with Crippen LogP contribution in [0, 0.1) is 10.1 Å². The highest BCUT2D eigenvalue weighted by atomic mass is 35.5. The van der Waals surface area contributed by atoms with Crippen LogP contribution in [-0.4, -0.2) is 28.3 Å². The first-order valence-electron chi connectivity index (χ1n) is 8.94. The van der Waals surface area contributed by atoms with Gasteiger partial charge < -0.3 is 5.32 Å². The molecule has 1 N–H and O–H groups in total. The number of aromatic nitrogens is 3. The summed E-state index contributed by atoms with van der Waals surface area (Å²) in [7, 11) is -3.96. The standard InChI is InChI=1S/C20H14ClN5O4S/c21-19-17(9-4-10-22-19)25-20-18(23-15-7-1-2-8-16(15)24-20)12-31(29,30)14-6-3-5-13(11-14)26(27)28/h1-11H,12H2,(H,24,25). The van der Waals surface area contributed by atoms with Crippen molar-refractivity contribution in [3.05, 3.63) is 87.8 Å². The van der Waals surface area contributed by atoms with Crippen LogP contribution in [0.15, 0.2) is 71.8 Å². The van der Waals surface area contributed by atoms with Gasteiger partial charge in [-0.05, 0) is 30.3 Å². The van der Waals surface area contributed by atoms with Gasteiger partial charge in [-0.25, -0.2) is 23.4 Å². The van der Waals surface area contributed by atoms with Gasteiger partial charge in [0, 0.05) is 18.3 Å². The zero-order valence-electron chi connectivity index (χ0n) is 15.8. The van der Waals surface area contributed by atoms with Gasteiger partial charge in [-0.15, -0.1) is 0 Å². The molecule has 0 aliphatic rings. The maximum Gasteiger partial charge on any atom is 0.270 e. The summed E-state index contributed by atoms with van der Waals surface area (Å²) in [4.78, 5) is 23.2. The number of hydrogen-bond acceptors (Lipinski definition) is 8. The van der Waals surface area contributed by atoms with Crippen molar-refractivity contribution in [1.29, 1.82) is 0 Å². The van der Waals surface area contributed by atoms with E-state index < -0.39 is 20.5 Å². The number of hydrogen-bond donors (Lipinski definition) is 1. The minimum absolute atomic E-state index is 0.144. The molecule has 0 aliphatic carbocycles. The van der Waals surface area contributed by atoms with Gasteiger partial charge in [0.05, 0.1) is 32.2 Å². The summed E-state index contributed by atoms with van der Waals surface area (Å²) in [5.74, 6) is -0.325. The first kappa shape index (κ1) is 20.6. The topological polar surface area (TPSA) is 128 Å². The van der Waals surface area contributed by atoms with Gasteiger partial charge in [-0.3, -0.25) is 10.1 Å². The van der Waals surface area contributed by atoms with Gasteiger partial charge in [-0.2, -0.15) is 0 Å². The molecule has 0 bridgehead atoms. The molecule has 0 saturated heterocycles. The predicted octanol–water partition coefficient (Wildman–Crippen LogP) is 4.30. The van der Waals surface area contributed by atoms with E-state index in [-0.39, 0.29) is 27.2 Å². The third-order valence-corrected chi connectivity index (χ3v) is 6.30. The predicted molar refractivity (Wildman–Crippen MR) is 116 cm³/mol. The molecule has 0 saturated carbocycles. The number of nitro groups is 1. The number of benzene rings is 2. The van der Waals surface area contributed by atoms with Crippen LogP contribution in [0.4, 0.5) is 17.2 Å². The summed E-state index contributed by atoms with van der Waals surface area (Å²) >= 11 is 6.12. The summed E-state index contributed by atoms with van der Waals surface area (Å²) in [5.41, 5.74) is 1.33. The van der Waals surface area contributed by atoms with Gasteiger partial charge in [0.2, 0.25) is 0 Å². The molecule has 0 unspecified atom stereocenters. The van der Waals surface area contributed by atoms with Crippen LogP contribution in [0.2, 0.25) is 5.15 Å². The third kappa shape index (κ3) is 4.44. The zero-order chi connectivity index (χ0) is 22.0. The van der Waals surface area contributed by atoms with E-state index in [1.54, 1.807) is 36.4 Å². The number of anilines is 2. The van der Waals surface area contributed by atoms with E-state index in [1.165, 1.54) is 24.4 Å². The Labute approximate surface area is 181 Å². The molecule has 0 atom stereocenters. The molecular formula is C20H14ClN5O4S. The van der Waals surface area contributed by atoms with E-state index in [0.29, 0.717) is 16.7 Å². The van der Waals surface area contributed by atoms with Crippen molar-refractivity contribution < 1.29 is 13.3 Å². The first-order chi connectivity index (χ1) is 14.8. The Balaban J connectivity index is 1.79.